The third kappa shape index (κ3) is 2.93. The third-order valence-electron chi connectivity index (χ3n) is 2.74. The van der Waals surface area contributed by atoms with Crippen LogP contribution in [0.15, 0.2) is 26.7 Å². The van der Waals surface area contributed by atoms with E-state index in [-0.39, 0.29) is 18.3 Å². The van der Waals surface area contributed by atoms with E-state index in [4.69, 9.17) is 4.42 Å². The minimum Gasteiger partial charge on any atom is -0.387 e. The van der Waals surface area contributed by atoms with Gasteiger partial charge in [0.1, 0.15) is 6.54 Å². The quantitative estimate of drug-likeness (QED) is 0.831. The molecule has 0 fully saturated rings. The standard InChI is InChI=1S/C12H15N3O3S/c1-3-14(4-2)10(16)8-15-12(17)18-11(13-15)9-6-5-7-19-9/h5-7H,3-4,8H2,1-2H3. The zero-order valence-corrected chi connectivity index (χ0v) is 11.6. The van der Waals surface area contributed by atoms with Gasteiger partial charge in [0.05, 0.1) is 4.88 Å². The van der Waals surface area contributed by atoms with Gasteiger partial charge in [-0.1, -0.05) is 6.07 Å². The molecule has 0 N–H and O–H groups in total. The molecule has 19 heavy (non-hydrogen) atoms. The summed E-state index contributed by atoms with van der Waals surface area (Å²) in [7, 11) is 0. The monoisotopic (exact) mass is 281 g/mol. The van der Waals surface area contributed by atoms with Crippen LogP contribution in [-0.4, -0.2) is 33.7 Å². The fraction of sp³-hybridized carbons (Fsp3) is 0.417. The molecule has 7 heteroatoms. The molecule has 0 spiro atoms. The van der Waals surface area contributed by atoms with Crippen molar-refractivity contribution >= 4 is 17.2 Å². The van der Waals surface area contributed by atoms with Gasteiger partial charge >= 0.3 is 5.76 Å². The maximum Gasteiger partial charge on any atom is 0.437 e. The average molecular weight is 281 g/mol. The van der Waals surface area contributed by atoms with E-state index in [2.05, 4.69) is 5.10 Å². The lowest BCUT2D eigenvalue weighted by molar-refractivity contribution is -0.131. The van der Waals surface area contributed by atoms with Gasteiger partial charge in [-0.3, -0.25) is 4.79 Å². The molecule has 2 heterocycles. The number of nitrogens with zero attached hydrogens (tertiary/aromatic N) is 3. The number of hydrogen-bond donors (Lipinski definition) is 0. The van der Waals surface area contributed by atoms with Crippen molar-refractivity contribution < 1.29 is 9.21 Å². The molecule has 0 radical (unpaired) electrons. The number of likely N-dealkylation sites (N-methyl/N-ethyl adjacent to an activating group) is 1. The summed E-state index contributed by atoms with van der Waals surface area (Å²) in [4.78, 5) is 26.0. The smallest absolute Gasteiger partial charge is 0.387 e. The van der Waals surface area contributed by atoms with Crippen LogP contribution in [0, 0.1) is 0 Å². The lowest BCUT2D eigenvalue weighted by Gasteiger charge is -2.17. The minimum atomic E-state index is -0.607. The molecule has 2 rings (SSSR count). The number of thiophene rings is 1. The molecule has 0 aliphatic heterocycles. The van der Waals surface area contributed by atoms with Crippen molar-refractivity contribution in [1.29, 1.82) is 0 Å². The average Bonchev–Trinajstić information content (AvgIpc) is 3.01. The third-order valence-corrected chi connectivity index (χ3v) is 3.60. The highest BCUT2D eigenvalue weighted by Gasteiger charge is 2.16. The molecule has 0 saturated carbocycles. The van der Waals surface area contributed by atoms with Crippen LogP contribution in [0.4, 0.5) is 0 Å². The van der Waals surface area contributed by atoms with Crippen LogP contribution < -0.4 is 5.76 Å². The van der Waals surface area contributed by atoms with Crippen LogP contribution in [-0.2, 0) is 11.3 Å². The Kier molecular flexibility index (Phi) is 4.16. The fourth-order valence-corrected chi connectivity index (χ4v) is 2.35. The summed E-state index contributed by atoms with van der Waals surface area (Å²) < 4.78 is 6.11. The molecule has 2 aromatic heterocycles. The van der Waals surface area contributed by atoms with Gasteiger partial charge in [0.2, 0.25) is 5.91 Å². The van der Waals surface area contributed by atoms with E-state index in [1.165, 1.54) is 11.3 Å². The van der Waals surface area contributed by atoms with Crippen molar-refractivity contribution in [3.63, 3.8) is 0 Å². The van der Waals surface area contributed by atoms with E-state index in [0.717, 1.165) is 9.56 Å². The van der Waals surface area contributed by atoms with Crippen LogP contribution in [0.1, 0.15) is 13.8 Å². The van der Waals surface area contributed by atoms with Gasteiger partial charge in [-0.05, 0) is 25.3 Å². The Balaban J connectivity index is 2.18. The lowest BCUT2D eigenvalue weighted by atomic mass is 10.4. The topological polar surface area (TPSA) is 68.3 Å². The Bertz CT molecular complexity index is 596. The predicted octanol–water partition coefficient (Wildman–Crippen LogP) is 1.43. The fourth-order valence-electron chi connectivity index (χ4n) is 1.71. The van der Waals surface area contributed by atoms with Crippen LogP contribution in [0.3, 0.4) is 0 Å². The Morgan fingerprint density at radius 3 is 2.79 bits per heavy atom. The van der Waals surface area contributed by atoms with E-state index in [1.807, 2.05) is 31.4 Å². The van der Waals surface area contributed by atoms with E-state index < -0.39 is 5.76 Å². The molecule has 0 unspecified atom stereocenters. The molecular formula is C12H15N3O3S. The number of amides is 1. The zero-order chi connectivity index (χ0) is 13.8. The Labute approximate surface area is 114 Å². The second-order valence-corrected chi connectivity index (χ2v) is 4.82. The van der Waals surface area contributed by atoms with Crippen molar-refractivity contribution in [2.24, 2.45) is 0 Å². The molecule has 0 bridgehead atoms. The van der Waals surface area contributed by atoms with E-state index in [9.17, 15) is 9.59 Å². The van der Waals surface area contributed by atoms with Crippen molar-refractivity contribution in [3.05, 3.63) is 28.1 Å². The van der Waals surface area contributed by atoms with Crippen LogP contribution in [0.25, 0.3) is 10.8 Å². The molecule has 2 aromatic rings. The minimum absolute atomic E-state index is 0.0879. The summed E-state index contributed by atoms with van der Waals surface area (Å²) in [6, 6.07) is 3.66. The van der Waals surface area contributed by atoms with Crippen LogP contribution >= 0.6 is 11.3 Å². The molecule has 6 nitrogen and oxygen atoms in total. The van der Waals surface area contributed by atoms with Crippen LogP contribution in [0.2, 0.25) is 0 Å². The van der Waals surface area contributed by atoms with Gasteiger partial charge in [-0.15, -0.1) is 16.4 Å². The van der Waals surface area contributed by atoms with E-state index in [1.54, 1.807) is 4.90 Å². The first-order valence-electron chi connectivity index (χ1n) is 6.05. The van der Waals surface area contributed by atoms with Gasteiger partial charge in [0.25, 0.3) is 5.89 Å². The summed E-state index contributed by atoms with van der Waals surface area (Å²) in [5.74, 6) is -0.491. The maximum atomic E-state index is 11.9. The number of carbonyl (C=O) groups is 1. The SMILES string of the molecule is CCN(CC)C(=O)Cn1nc(-c2cccs2)oc1=O. The first-order chi connectivity index (χ1) is 9.15. The summed E-state index contributed by atoms with van der Waals surface area (Å²) >= 11 is 1.43. The van der Waals surface area contributed by atoms with Crippen LogP contribution in [0.5, 0.6) is 0 Å². The summed E-state index contributed by atoms with van der Waals surface area (Å²) in [5.41, 5.74) is 0. The largest absolute Gasteiger partial charge is 0.437 e. The second-order valence-electron chi connectivity index (χ2n) is 3.87. The molecule has 0 aliphatic carbocycles. The van der Waals surface area contributed by atoms with Gasteiger partial charge < -0.3 is 9.32 Å². The van der Waals surface area contributed by atoms with Gasteiger partial charge in [-0.2, -0.15) is 4.68 Å². The molecule has 0 atom stereocenters. The Hall–Kier alpha value is -1.89. The van der Waals surface area contributed by atoms with Crippen molar-refractivity contribution in [3.8, 4) is 10.8 Å². The summed E-state index contributed by atoms with van der Waals surface area (Å²) in [5, 5.41) is 5.91. The zero-order valence-electron chi connectivity index (χ0n) is 10.8. The van der Waals surface area contributed by atoms with Gasteiger partial charge in [0, 0.05) is 13.1 Å². The highest BCUT2D eigenvalue weighted by Crippen LogP contribution is 2.20. The predicted molar refractivity (Wildman–Crippen MR) is 72.0 cm³/mol. The highest BCUT2D eigenvalue weighted by molar-refractivity contribution is 7.13. The molecule has 0 aliphatic rings. The first kappa shape index (κ1) is 13.5. The van der Waals surface area contributed by atoms with Gasteiger partial charge in [0.15, 0.2) is 0 Å². The number of rotatable bonds is 5. The number of aromatic nitrogens is 2. The Morgan fingerprint density at radius 2 is 2.21 bits per heavy atom. The summed E-state index contributed by atoms with van der Waals surface area (Å²) in [6.45, 7) is 4.92. The number of carbonyl (C=O) groups excluding carboxylic acids is 1. The molecule has 1 amide bonds. The molecule has 0 saturated heterocycles. The highest BCUT2D eigenvalue weighted by atomic mass is 32.1. The maximum absolute atomic E-state index is 11.9. The molecule has 102 valence electrons. The molecule has 0 aromatic carbocycles. The van der Waals surface area contributed by atoms with E-state index in [0.29, 0.717) is 13.1 Å². The lowest BCUT2D eigenvalue weighted by Crippen LogP contribution is -2.35. The molecular weight excluding hydrogens is 266 g/mol. The normalized spacial score (nSPS) is 10.6. The van der Waals surface area contributed by atoms with Crippen molar-refractivity contribution in [2.75, 3.05) is 13.1 Å². The first-order valence-corrected chi connectivity index (χ1v) is 6.93. The Morgan fingerprint density at radius 1 is 1.47 bits per heavy atom. The van der Waals surface area contributed by atoms with Crippen molar-refractivity contribution in [2.45, 2.75) is 20.4 Å². The second kappa shape index (κ2) is 5.83. The van der Waals surface area contributed by atoms with E-state index >= 15 is 0 Å². The van der Waals surface area contributed by atoms with Gasteiger partial charge in [-0.25, -0.2) is 4.79 Å². The number of hydrogen-bond acceptors (Lipinski definition) is 5. The summed E-state index contributed by atoms with van der Waals surface area (Å²) in [6.07, 6.45) is 0. The van der Waals surface area contributed by atoms with Crippen molar-refractivity contribution in [1.82, 2.24) is 14.7 Å².